The number of rotatable bonds is 7. The molecule has 21 heavy (non-hydrogen) atoms. The van der Waals surface area contributed by atoms with E-state index < -0.39 is 0 Å². The maximum absolute atomic E-state index is 2.56. The van der Waals surface area contributed by atoms with Crippen LogP contribution >= 0.6 is 11.8 Å². The normalized spacial score (nSPS) is 20.9. The first kappa shape index (κ1) is 16.9. The van der Waals surface area contributed by atoms with Crippen LogP contribution in [0.2, 0.25) is 0 Å². The first-order valence-corrected chi connectivity index (χ1v) is 10.1. The summed E-state index contributed by atoms with van der Waals surface area (Å²) in [6, 6.07) is 11.3. The molecule has 1 aliphatic rings. The Morgan fingerprint density at radius 3 is 2.33 bits per heavy atom. The topological polar surface area (TPSA) is 0 Å². The molecule has 2 rings (SSSR count). The fraction of sp³-hybridized carbons (Fsp3) is 0.700. The number of hydrogen-bond donors (Lipinski definition) is 0. The summed E-state index contributed by atoms with van der Waals surface area (Å²) in [5.41, 5.74) is 2.39. The van der Waals surface area contributed by atoms with Gasteiger partial charge in [0.25, 0.3) is 0 Å². The highest BCUT2D eigenvalue weighted by atomic mass is 32.2. The second kappa shape index (κ2) is 7.72. The fourth-order valence-electron chi connectivity index (χ4n) is 4.21. The van der Waals surface area contributed by atoms with Crippen molar-refractivity contribution >= 4 is 11.8 Å². The maximum Gasteiger partial charge on any atom is -0.00215 e. The monoisotopic (exact) mass is 304 g/mol. The Morgan fingerprint density at radius 1 is 1.05 bits per heavy atom. The van der Waals surface area contributed by atoms with E-state index in [-0.39, 0.29) is 0 Å². The molecule has 1 heteroatoms. The summed E-state index contributed by atoms with van der Waals surface area (Å²) < 4.78 is 0. The molecule has 0 aromatic heterocycles. The maximum atomic E-state index is 2.56. The van der Waals surface area contributed by atoms with Gasteiger partial charge in [-0.15, -0.1) is 0 Å². The predicted octanol–water partition coefficient (Wildman–Crippen LogP) is 6.45. The molecule has 0 saturated heterocycles. The highest BCUT2D eigenvalue weighted by Gasteiger charge is 2.45. The second-order valence-corrected chi connectivity index (χ2v) is 8.25. The number of unbranched alkanes of at least 4 members (excludes halogenated alkanes) is 1. The van der Waals surface area contributed by atoms with Crippen molar-refractivity contribution in [2.75, 3.05) is 12.0 Å². The molecule has 0 amide bonds. The Morgan fingerprint density at radius 2 is 1.71 bits per heavy atom. The average molecular weight is 305 g/mol. The van der Waals surface area contributed by atoms with Gasteiger partial charge in [0.15, 0.2) is 0 Å². The molecule has 0 N–H and O–H groups in total. The number of hydrogen-bond acceptors (Lipinski definition) is 1. The van der Waals surface area contributed by atoms with Crippen molar-refractivity contribution in [2.24, 2.45) is 5.41 Å². The molecule has 1 saturated carbocycles. The standard InChI is InChI=1S/C20H32S/c1-19(14-8-5-9-15-19)20(2,16-10-11-17-21-3)18-12-6-4-7-13-18/h4,6-7,12-13H,5,8-11,14-17H2,1-3H3. The van der Waals surface area contributed by atoms with Gasteiger partial charge in [0, 0.05) is 0 Å². The Kier molecular flexibility index (Phi) is 6.22. The van der Waals surface area contributed by atoms with E-state index in [4.69, 9.17) is 0 Å². The molecule has 118 valence electrons. The lowest BCUT2D eigenvalue weighted by Gasteiger charge is -2.50. The summed E-state index contributed by atoms with van der Waals surface area (Å²) in [7, 11) is 0. The van der Waals surface area contributed by atoms with Gasteiger partial charge in [-0.2, -0.15) is 11.8 Å². The van der Waals surface area contributed by atoms with Crippen LogP contribution in [0.4, 0.5) is 0 Å². The van der Waals surface area contributed by atoms with E-state index in [1.165, 1.54) is 57.1 Å². The van der Waals surface area contributed by atoms with E-state index in [1.54, 1.807) is 5.56 Å². The van der Waals surface area contributed by atoms with E-state index in [0.717, 1.165) is 0 Å². The van der Waals surface area contributed by atoms with Gasteiger partial charge in [0.05, 0.1) is 0 Å². The summed E-state index contributed by atoms with van der Waals surface area (Å²) in [4.78, 5) is 0. The van der Waals surface area contributed by atoms with Crippen LogP contribution in [0.1, 0.15) is 70.8 Å². The van der Waals surface area contributed by atoms with Crippen LogP contribution in [0.3, 0.4) is 0 Å². The van der Waals surface area contributed by atoms with Crippen LogP contribution in [0, 0.1) is 5.41 Å². The van der Waals surface area contributed by atoms with Crippen LogP contribution < -0.4 is 0 Å². The van der Waals surface area contributed by atoms with Crippen molar-refractivity contribution in [2.45, 2.75) is 70.6 Å². The van der Waals surface area contributed by atoms with Crippen LogP contribution in [-0.4, -0.2) is 12.0 Å². The van der Waals surface area contributed by atoms with Gasteiger partial charge in [0.1, 0.15) is 0 Å². The van der Waals surface area contributed by atoms with Gasteiger partial charge in [-0.25, -0.2) is 0 Å². The van der Waals surface area contributed by atoms with Crippen molar-refractivity contribution in [3.05, 3.63) is 35.9 Å². The van der Waals surface area contributed by atoms with Gasteiger partial charge < -0.3 is 0 Å². The third-order valence-electron chi connectivity index (χ3n) is 5.98. The van der Waals surface area contributed by atoms with Crippen molar-refractivity contribution in [3.8, 4) is 0 Å². The molecule has 0 bridgehead atoms. The third kappa shape index (κ3) is 3.86. The van der Waals surface area contributed by atoms with Crippen molar-refractivity contribution in [1.29, 1.82) is 0 Å². The SMILES string of the molecule is CSCCCCC(C)(c1ccccc1)C1(C)CCCCC1. The second-order valence-electron chi connectivity index (χ2n) is 7.27. The number of thioether (sulfide) groups is 1. The molecule has 1 fully saturated rings. The molecule has 0 nitrogen and oxygen atoms in total. The summed E-state index contributed by atoms with van der Waals surface area (Å²) in [6.45, 7) is 5.11. The molecular formula is C20H32S. The molecule has 0 heterocycles. The Labute approximate surface area is 136 Å². The molecule has 0 radical (unpaired) electrons. The van der Waals surface area contributed by atoms with Crippen LogP contribution in [0.5, 0.6) is 0 Å². The minimum atomic E-state index is 0.340. The zero-order chi connectivity index (χ0) is 15.2. The minimum absolute atomic E-state index is 0.340. The lowest BCUT2D eigenvalue weighted by atomic mass is 9.54. The van der Waals surface area contributed by atoms with Crippen molar-refractivity contribution in [1.82, 2.24) is 0 Å². The molecule has 1 unspecified atom stereocenters. The van der Waals surface area contributed by atoms with Crippen molar-refractivity contribution in [3.63, 3.8) is 0 Å². The molecule has 0 aliphatic heterocycles. The minimum Gasteiger partial charge on any atom is -0.165 e. The van der Waals surface area contributed by atoms with Crippen molar-refractivity contribution < 1.29 is 0 Å². The Bertz CT molecular complexity index is 405. The fourth-order valence-corrected chi connectivity index (χ4v) is 4.70. The van der Waals surface area contributed by atoms with Gasteiger partial charge >= 0.3 is 0 Å². The third-order valence-corrected chi connectivity index (χ3v) is 6.67. The Balaban J connectivity index is 2.20. The van der Waals surface area contributed by atoms with E-state index in [2.05, 4.69) is 50.4 Å². The van der Waals surface area contributed by atoms with Gasteiger partial charge in [0.2, 0.25) is 0 Å². The van der Waals surface area contributed by atoms with Crippen LogP contribution in [-0.2, 0) is 5.41 Å². The van der Waals surface area contributed by atoms with Crippen LogP contribution in [0.25, 0.3) is 0 Å². The number of benzene rings is 1. The van der Waals surface area contributed by atoms with E-state index in [1.807, 2.05) is 11.8 Å². The molecule has 1 atom stereocenters. The quantitative estimate of drug-likeness (QED) is 0.522. The van der Waals surface area contributed by atoms with Gasteiger partial charge in [-0.05, 0) is 54.1 Å². The molecule has 0 spiro atoms. The smallest absolute Gasteiger partial charge is 0.00215 e. The largest absolute Gasteiger partial charge is 0.165 e. The van der Waals surface area contributed by atoms with Crippen LogP contribution in [0.15, 0.2) is 30.3 Å². The van der Waals surface area contributed by atoms with Gasteiger partial charge in [-0.1, -0.05) is 69.9 Å². The first-order valence-electron chi connectivity index (χ1n) is 8.67. The summed E-state index contributed by atoms with van der Waals surface area (Å²) in [5.74, 6) is 1.31. The molecule has 1 aliphatic carbocycles. The van der Waals surface area contributed by atoms with Gasteiger partial charge in [-0.3, -0.25) is 0 Å². The van der Waals surface area contributed by atoms with E-state index in [0.29, 0.717) is 10.8 Å². The average Bonchev–Trinajstić information content (AvgIpc) is 2.53. The molecular weight excluding hydrogens is 272 g/mol. The van der Waals surface area contributed by atoms with E-state index in [9.17, 15) is 0 Å². The van der Waals surface area contributed by atoms with E-state index >= 15 is 0 Å². The lowest BCUT2D eigenvalue weighted by Crippen LogP contribution is -2.43. The molecule has 1 aromatic carbocycles. The summed E-state index contributed by atoms with van der Waals surface area (Å²) in [6.07, 6.45) is 13.4. The predicted molar refractivity (Wildman–Crippen MR) is 97.2 cm³/mol. The zero-order valence-electron chi connectivity index (χ0n) is 14.2. The summed E-state index contributed by atoms with van der Waals surface area (Å²) >= 11 is 1.98. The highest BCUT2D eigenvalue weighted by Crippen LogP contribution is 2.53. The highest BCUT2D eigenvalue weighted by molar-refractivity contribution is 7.98. The summed E-state index contributed by atoms with van der Waals surface area (Å²) in [5, 5.41) is 0. The first-order chi connectivity index (χ1) is 10.1. The zero-order valence-corrected chi connectivity index (χ0v) is 15.0. The Hall–Kier alpha value is -0.430. The lowest BCUT2D eigenvalue weighted by molar-refractivity contribution is 0.0846. The molecule has 1 aromatic rings.